The van der Waals surface area contributed by atoms with E-state index in [1.54, 1.807) is 0 Å². The third-order valence-electron chi connectivity index (χ3n) is 1.70. The van der Waals surface area contributed by atoms with E-state index in [1.165, 1.54) is 0 Å². The number of rotatable bonds is 8. The number of nitrogens with one attached hydrogen (secondary N) is 2. The van der Waals surface area contributed by atoms with E-state index in [-0.39, 0.29) is 6.61 Å². The van der Waals surface area contributed by atoms with Gasteiger partial charge in [0, 0.05) is 32.7 Å². The van der Waals surface area contributed by atoms with Crippen LogP contribution in [0.5, 0.6) is 0 Å². The smallest absolute Gasteiger partial charge is 0.0555 e. The van der Waals surface area contributed by atoms with Crippen LogP contribution < -0.4 is 10.6 Å². The van der Waals surface area contributed by atoms with Gasteiger partial charge in [-0.1, -0.05) is 0 Å². The molecular weight excluding hydrogens is 154 g/mol. The first-order valence-electron chi connectivity index (χ1n) is 4.46. The predicted molar refractivity (Wildman–Crippen MR) is 51.4 cm³/mol. The van der Waals surface area contributed by atoms with Crippen molar-refractivity contribution in [3.05, 3.63) is 0 Å². The van der Waals surface area contributed by atoms with E-state index in [9.17, 15) is 0 Å². The minimum Gasteiger partial charge on any atom is -0.395 e. The quantitative estimate of drug-likeness (QED) is 0.402. The molecule has 0 atom stereocenters. The average Bonchev–Trinajstić information content (AvgIpc) is 2.09. The Morgan fingerprint density at radius 2 is 1.83 bits per heavy atom. The van der Waals surface area contributed by atoms with Gasteiger partial charge in [0.15, 0.2) is 0 Å². The maximum atomic E-state index is 8.49. The summed E-state index contributed by atoms with van der Waals surface area (Å²) < 4.78 is 0. The van der Waals surface area contributed by atoms with Crippen molar-refractivity contribution in [1.82, 2.24) is 15.5 Å². The van der Waals surface area contributed by atoms with Crippen molar-refractivity contribution >= 4 is 0 Å². The number of hydrogen-bond donors (Lipinski definition) is 3. The fraction of sp³-hybridized carbons (Fsp3) is 1.00. The van der Waals surface area contributed by atoms with Gasteiger partial charge in [-0.05, 0) is 14.1 Å². The van der Waals surface area contributed by atoms with E-state index in [4.69, 9.17) is 5.11 Å². The molecule has 0 rings (SSSR count). The Morgan fingerprint density at radius 3 is 2.42 bits per heavy atom. The van der Waals surface area contributed by atoms with E-state index in [2.05, 4.69) is 22.6 Å². The summed E-state index contributed by atoms with van der Waals surface area (Å²) in [5.41, 5.74) is 0. The monoisotopic (exact) mass is 175 g/mol. The Kier molecular flexibility index (Phi) is 8.81. The zero-order chi connectivity index (χ0) is 9.23. The van der Waals surface area contributed by atoms with Gasteiger partial charge in [0.1, 0.15) is 0 Å². The molecule has 4 nitrogen and oxygen atoms in total. The van der Waals surface area contributed by atoms with Gasteiger partial charge < -0.3 is 20.6 Å². The van der Waals surface area contributed by atoms with E-state index in [0.29, 0.717) is 6.54 Å². The minimum atomic E-state index is 0.222. The van der Waals surface area contributed by atoms with Crippen LogP contribution in [0.1, 0.15) is 0 Å². The molecule has 0 unspecified atom stereocenters. The molecule has 0 aliphatic heterocycles. The largest absolute Gasteiger partial charge is 0.395 e. The molecule has 4 heteroatoms. The van der Waals surface area contributed by atoms with Gasteiger partial charge in [-0.15, -0.1) is 0 Å². The van der Waals surface area contributed by atoms with Crippen molar-refractivity contribution in [3.8, 4) is 0 Å². The van der Waals surface area contributed by atoms with Crippen molar-refractivity contribution < 1.29 is 5.11 Å². The van der Waals surface area contributed by atoms with Gasteiger partial charge in [-0.25, -0.2) is 0 Å². The fourth-order valence-corrected chi connectivity index (χ4v) is 0.888. The number of nitrogens with zero attached hydrogens (tertiary/aromatic N) is 1. The second kappa shape index (κ2) is 8.93. The Balaban J connectivity index is 3.02. The summed E-state index contributed by atoms with van der Waals surface area (Å²) in [4.78, 5) is 2.25. The molecule has 0 heterocycles. The Hall–Kier alpha value is -0.160. The van der Waals surface area contributed by atoms with E-state index in [0.717, 1.165) is 26.2 Å². The summed E-state index contributed by atoms with van der Waals surface area (Å²) in [6.45, 7) is 4.98. The van der Waals surface area contributed by atoms with Gasteiger partial charge in [0.05, 0.1) is 6.61 Å². The van der Waals surface area contributed by atoms with Crippen LogP contribution in [0.4, 0.5) is 0 Å². The molecule has 0 saturated carbocycles. The van der Waals surface area contributed by atoms with Crippen LogP contribution in [0.25, 0.3) is 0 Å². The van der Waals surface area contributed by atoms with Gasteiger partial charge in [-0.2, -0.15) is 0 Å². The van der Waals surface area contributed by atoms with E-state index in [1.807, 2.05) is 7.05 Å². The standard InChI is InChI=1S/C8H21N3O/c1-9-3-6-11(2)7-4-10-5-8-12/h9-10,12H,3-8H2,1-2H3. The molecule has 0 aromatic rings. The lowest BCUT2D eigenvalue weighted by Gasteiger charge is -2.16. The molecule has 74 valence electrons. The molecular formula is C8H21N3O. The zero-order valence-electron chi connectivity index (χ0n) is 8.14. The molecule has 0 aliphatic rings. The zero-order valence-corrected chi connectivity index (χ0v) is 8.14. The summed E-state index contributed by atoms with van der Waals surface area (Å²) in [5.74, 6) is 0. The number of likely N-dealkylation sites (N-methyl/N-ethyl adjacent to an activating group) is 2. The molecule has 3 N–H and O–H groups in total. The van der Waals surface area contributed by atoms with Gasteiger partial charge in [0.2, 0.25) is 0 Å². The Bertz CT molecular complexity index is 90.4. The first-order chi connectivity index (χ1) is 5.81. The van der Waals surface area contributed by atoms with Crippen molar-refractivity contribution in [1.29, 1.82) is 0 Å². The predicted octanol–water partition coefficient (Wildman–Crippen LogP) is -1.28. The maximum absolute atomic E-state index is 8.49. The van der Waals surface area contributed by atoms with Gasteiger partial charge >= 0.3 is 0 Å². The molecule has 0 bridgehead atoms. The van der Waals surface area contributed by atoms with Crippen molar-refractivity contribution in [2.45, 2.75) is 0 Å². The van der Waals surface area contributed by atoms with Crippen LogP contribution in [0, 0.1) is 0 Å². The van der Waals surface area contributed by atoms with Gasteiger partial charge in [-0.3, -0.25) is 0 Å². The molecule has 0 saturated heterocycles. The molecule has 12 heavy (non-hydrogen) atoms. The molecule has 0 aromatic carbocycles. The highest BCUT2D eigenvalue weighted by molar-refractivity contribution is 4.55. The lowest BCUT2D eigenvalue weighted by molar-refractivity contribution is 0.282. The van der Waals surface area contributed by atoms with Crippen LogP contribution in [0.2, 0.25) is 0 Å². The summed E-state index contributed by atoms with van der Waals surface area (Å²) in [5, 5.41) is 14.7. The topological polar surface area (TPSA) is 47.5 Å². The summed E-state index contributed by atoms with van der Waals surface area (Å²) in [6, 6.07) is 0. The van der Waals surface area contributed by atoms with Crippen molar-refractivity contribution in [3.63, 3.8) is 0 Å². The van der Waals surface area contributed by atoms with E-state index >= 15 is 0 Å². The van der Waals surface area contributed by atoms with Crippen LogP contribution in [-0.2, 0) is 0 Å². The first-order valence-corrected chi connectivity index (χ1v) is 4.46. The second-order valence-corrected chi connectivity index (χ2v) is 2.88. The molecule has 0 radical (unpaired) electrons. The highest BCUT2D eigenvalue weighted by Gasteiger charge is 1.95. The molecule has 0 aromatic heterocycles. The summed E-state index contributed by atoms with van der Waals surface area (Å²) in [7, 11) is 4.05. The summed E-state index contributed by atoms with van der Waals surface area (Å²) in [6.07, 6.45) is 0. The van der Waals surface area contributed by atoms with Crippen LogP contribution in [-0.4, -0.2) is 63.4 Å². The van der Waals surface area contributed by atoms with Crippen molar-refractivity contribution in [2.75, 3.05) is 53.4 Å². The Labute approximate surface area is 74.9 Å². The Morgan fingerprint density at radius 1 is 1.17 bits per heavy atom. The van der Waals surface area contributed by atoms with Gasteiger partial charge in [0.25, 0.3) is 0 Å². The average molecular weight is 175 g/mol. The molecule has 0 spiro atoms. The number of aliphatic hydroxyl groups excluding tert-OH is 1. The normalized spacial score (nSPS) is 11.0. The number of hydrogen-bond acceptors (Lipinski definition) is 4. The third-order valence-corrected chi connectivity index (χ3v) is 1.70. The van der Waals surface area contributed by atoms with E-state index < -0.39 is 0 Å². The highest BCUT2D eigenvalue weighted by atomic mass is 16.3. The number of aliphatic hydroxyl groups is 1. The fourth-order valence-electron chi connectivity index (χ4n) is 0.888. The van der Waals surface area contributed by atoms with Crippen LogP contribution >= 0.6 is 0 Å². The lowest BCUT2D eigenvalue weighted by Crippen LogP contribution is -2.34. The lowest BCUT2D eigenvalue weighted by atomic mass is 10.5. The summed E-state index contributed by atoms with van der Waals surface area (Å²) >= 11 is 0. The minimum absolute atomic E-state index is 0.222. The van der Waals surface area contributed by atoms with Crippen molar-refractivity contribution in [2.24, 2.45) is 0 Å². The molecule has 0 aliphatic carbocycles. The molecule has 0 amide bonds. The third kappa shape index (κ3) is 7.94. The highest BCUT2D eigenvalue weighted by Crippen LogP contribution is 1.77. The first kappa shape index (κ1) is 11.8. The van der Waals surface area contributed by atoms with Crippen LogP contribution in [0.15, 0.2) is 0 Å². The van der Waals surface area contributed by atoms with Crippen LogP contribution in [0.3, 0.4) is 0 Å². The SMILES string of the molecule is CNCCN(C)CCNCCO. The second-order valence-electron chi connectivity index (χ2n) is 2.88. The molecule has 0 fully saturated rings. The maximum Gasteiger partial charge on any atom is 0.0555 e.